The van der Waals surface area contributed by atoms with Crippen LogP contribution in [0.1, 0.15) is 57.6 Å². The van der Waals surface area contributed by atoms with Crippen LogP contribution in [0.5, 0.6) is 11.5 Å². The molecule has 8 nitrogen and oxygen atoms in total. The number of carboxylic acid groups (broad SMARTS) is 1. The van der Waals surface area contributed by atoms with Crippen LogP contribution < -0.4 is 14.8 Å². The van der Waals surface area contributed by atoms with Crippen molar-refractivity contribution in [1.29, 1.82) is 0 Å². The van der Waals surface area contributed by atoms with Gasteiger partial charge in [0.2, 0.25) is 11.8 Å². The zero-order chi connectivity index (χ0) is 23.2. The SMILES string of the molecule is COc1ccc(C2NC(C(=O)O)(C(C)C)C3C(=O)N(C4CCCCC4)C(=O)C23)cc1OC. The Balaban J connectivity index is 1.82. The summed E-state index contributed by atoms with van der Waals surface area (Å²) in [4.78, 5) is 41.4. The van der Waals surface area contributed by atoms with Gasteiger partial charge in [-0.3, -0.25) is 24.6 Å². The molecule has 3 fully saturated rings. The van der Waals surface area contributed by atoms with Crippen LogP contribution in [0, 0.1) is 17.8 Å². The maximum absolute atomic E-state index is 13.7. The summed E-state index contributed by atoms with van der Waals surface area (Å²) in [6.45, 7) is 3.58. The molecular formula is C24H32N2O6. The monoisotopic (exact) mass is 444 g/mol. The van der Waals surface area contributed by atoms with Gasteiger partial charge in [0.15, 0.2) is 11.5 Å². The number of hydrogen-bond acceptors (Lipinski definition) is 6. The lowest BCUT2D eigenvalue weighted by Crippen LogP contribution is -2.59. The normalized spacial score (nSPS) is 30.7. The molecule has 4 rings (SSSR count). The molecule has 4 unspecified atom stereocenters. The molecular weight excluding hydrogens is 412 g/mol. The third-order valence-corrected chi connectivity index (χ3v) is 7.60. The van der Waals surface area contributed by atoms with Crippen LogP contribution >= 0.6 is 0 Å². The molecule has 0 aromatic heterocycles. The van der Waals surface area contributed by atoms with Gasteiger partial charge in [-0.1, -0.05) is 39.2 Å². The topological polar surface area (TPSA) is 105 Å². The van der Waals surface area contributed by atoms with Crippen molar-refractivity contribution in [1.82, 2.24) is 10.2 Å². The quantitative estimate of drug-likeness (QED) is 0.650. The van der Waals surface area contributed by atoms with Crippen molar-refractivity contribution in [2.75, 3.05) is 14.2 Å². The molecule has 2 heterocycles. The number of nitrogens with zero attached hydrogens (tertiary/aromatic N) is 1. The molecule has 0 radical (unpaired) electrons. The zero-order valence-corrected chi connectivity index (χ0v) is 19.1. The van der Waals surface area contributed by atoms with Gasteiger partial charge in [-0.2, -0.15) is 0 Å². The van der Waals surface area contributed by atoms with Crippen LogP contribution in [0.2, 0.25) is 0 Å². The second-order valence-corrected chi connectivity index (χ2v) is 9.41. The molecule has 2 amide bonds. The summed E-state index contributed by atoms with van der Waals surface area (Å²) in [7, 11) is 3.06. The molecule has 4 atom stereocenters. The number of carboxylic acids is 1. The van der Waals surface area contributed by atoms with E-state index in [1.165, 1.54) is 19.1 Å². The Morgan fingerprint density at radius 3 is 2.31 bits per heavy atom. The van der Waals surface area contributed by atoms with E-state index in [2.05, 4.69) is 5.32 Å². The predicted octanol–water partition coefficient (Wildman–Crippen LogP) is 2.76. The standard InChI is InChI=1S/C24H32N2O6/c1-13(2)24(23(29)30)19-18(21(27)26(22(19)28)15-8-6-5-7-9-15)20(25-24)14-10-11-16(31-3)17(12-14)32-4/h10-13,15,18-20,25H,5-9H2,1-4H3,(H,29,30). The number of aliphatic carboxylic acids is 1. The number of ether oxygens (including phenoxy) is 2. The fourth-order valence-corrected chi connectivity index (χ4v) is 5.97. The summed E-state index contributed by atoms with van der Waals surface area (Å²) in [5, 5.41) is 13.6. The lowest BCUT2D eigenvalue weighted by molar-refractivity contribution is -0.154. The average Bonchev–Trinajstić information content (AvgIpc) is 3.28. The molecule has 0 spiro atoms. The average molecular weight is 445 g/mol. The van der Waals surface area contributed by atoms with Crippen molar-refractivity contribution in [2.24, 2.45) is 17.8 Å². The van der Waals surface area contributed by atoms with Gasteiger partial charge in [0.05, 0.1) is 26.1 Å². The molecule has 174 valence electrons. The van der Waals surface area contributed by atoms with Crippen molar-refractivity contribution in [3.63, 3.8) is 0 Å². The molecule has 1 aromatic carbocycles. The number of rotatable bonds is 6. The molecule has 2 N–H and O–H groups in total. The Morgan fingerprint density at radius 1 is 1.09 bits per heavy atom. The van der Waals surface area contributed by atoms with Gasteiger partial charge in [0, 0.05) is 12.1 Å². The zero-order valence-electron chi connectivity index (χ0n) is 19.1. The van der Waals surface area contributed by atoms with E-state index in [4.69, 9.17) is 9.47 Å². The number of hydrogen-bond donors (Lipinski definition) is 2. The minimum absolute atomic E-state index is 0.140. The van der Waals surface area contributed by atoms with Gasteiger partial charge in [-0.05, 0) is 36.5 Å². The molecule has 1 aromatic rings. The van der Waals surface area contributed by atoms with Gasteiger partial charge < -0.3 is 14.6 Å². The second-order valence-electron chi connectivity index (χ2n) is 9.41. The number of imide groups is 1. The number of carbonyl (C=O) groups is 3. The number of likely N-dealkylation sites (tertiary alicyclic amines) is 1. The fourth-order valence-electron chi connectivity index (χ4n) is 5.97. The highest BCUT2D eigenvalue weighted by atomic mass is 16.5. The Morgan fingerprint density at radius 2 is 1.75 bits per heavy atom. The van der Waals surface area contributed by atoms with E-state index >= 15 is 0 Å². The third-order valence-electron chi connectivity index (χ3n) is 7.60. The summed E-state index contributed by atoms with van der Waals surface area (Å²) in [5.41, 5.74) is -0.827. The van der Waals surface area contributed by atoms with Gasteiger partial charge in [-0.25, -0.2) is 0 Å². The van der Waals surface area contributed by atoms with Gasteiger partial charge in [0.1, 0.15) is 5.54 Å². The van der Waals surface area contributed by atoms with Crippen LogP contribution in [0.4, 0.5) is 0 Å². The first-order valence-corrected chi connectivity index (χ1v) is 11.4. The maximum Gasteiger partial charge on any atom is 0.325 e. The molecule has 3 aliphatic rings. The number of methoxy groups -OCH3 is 2. The van der Waals surface area contributed by atoms with E-state index in [-0.39, 0.29) is 17.9 Å². The Labute approximate surface area is 188 Å². The Bertz CT molecular complexity index is 925. The summed E-state index contributed by atoms with van der Waals surface area (Å²) in [6, 6.07) is 4.53. The van der Waals surface area contributed by atoms with E-state index in [9.17, 15) is 19.5 Å². The van der Waals surface area contributed by atoms with E-state index < -0.39 is 35.3 Å². The largest absolute Gasteiger partial charge is 0.493 e. The Kier molecular flexibility index (Phi) is 5.92. The Hall–Kier alpha value is -2.61. The third kappa shape index (κ3) is 3.18. The van der Waals surface area contributed by atoms with Crippen LogP contribution in [0.15, 0.2) is 18.2 Å². The highest BCUT2D eigenvalue weighted by molar-refractivity contribution is 6.09. The van der Waals surface area contributed by atoms with E-state index in [0.717, 1.165) is 32.1 Å². The number of amides is 2. The summed E-state index contributed by atoms with van der Waals surface area (Å²) < 4.78 is 10.8. The van der Waals surface area contributed by atoms with Crippen molar-refractivity contribution in [3.05, 3.63) is 23.8 Å². The van der Waals surface area contributed by atoms with Crippen LogP contribution in [-0.4, -0.2) is 53.6 Å². The molecule has 0 bridgehead atoms. The van der Waals surface area contributed by atoms with E-state index in [0.29, 0.717) is 17.1 Å². The second kappa shape index (κ2) is 8.39. The maximum atomic E-state index is 13.7. The van der Waals surface area contributed by atoms with Crippen molar-refractivity contribution >= 4 is 17.8 Å². The van der Waals surface area contributed by atoms with E-state index in [1.807, 2.05) is 0 Å². The first-order valence-electron chi connectivity index (χ1n) is 11.4. The first-order chi connectivity index (χ1) is 15.3. The van der Waals surface area contributed by atoms with Crippen molar-refractivity contribution in [2.45, 2.75) is 63.6 Å². The summed E-state index contributed by atoms with van der Waals surface area (Å²) in [6.07, 6.45) is 4.62. The molecule has 1 aliphatic carbocycles. The van der Waals surface area contributed by atoms with Crippen molar-refractivity contribution < 1.29 is 29.0 Å². The van der Waals surface area contributed by atoms with Crippen LogP contribution in [0.3, 0.4) is 0 Å². The lowest BCUT2D eigenvalue weighted by Gasteiger charge is -2.36. The number of carbonyl (C=O) groups excluding carboxylic acids is 2. The summed E-state index contributed by atoms with van der Waals surface area (Å²) in [5.74, 6) is -2.81. The molecule has 1 saturated carbocycles. The van der Waals surface area contributed by atoms with Crippen molar-refractivity contribution in [3.8, 4) is 11.5 Å². The lowest BCUT2D eigenvalue weighted by atomic mass is 9.73. The fraction of sp³-hybridized carbons (Fsp3) is 0.625. The molecule has 2 aliphatic heterocycles. The minimum atomic E-state index is -1.53. The van der Waals surface area contributed by atoms with E-state index in [1.54, 1.807) is 32.0 Å². The first kappa shape index (κ1) is 22.6. The molecule has 2 saturated heterocycles. The van der Waals surface area contributed by atoms with Crippen LogP contribution in [0.25, 0.3) is 0 Å². The van der Waals surface area contributed by atoms with Gasteiger partial charge >= 0.3 is 5.97 Å². The number of benzene rings is 1. The number of nitrogens with one attached hydrogen (secondary N) is 1. The highest BCUT2D eigenvalue weighted by Crippen LogP contribution is 2.53. The summed E-state index contributed by atoms with van der Waals surface area (Å²) >= 11 is 0. The minimum Gasteiger partial charge on any atom is -0.493 e. The molecule has 32 heavy (non-hydrogen) atoms. The smallest absolute Gasteiger partial charge is 0.325 e. The molecule has 8 heteroatoms. The van der Waals surface area contributed by atoms with Crippen LogP contribution in [-0.2, 0) is 14.4 Å². The number of fused-ring (bicyclic) bond motifs is 1. The predicted molar refractivity (Wildman–Crippen MR) is 116 cm³/mol. The highest BCUT2D eigenvalue weighted by Gasteiger charge is 2.70. The van der Waals surface area contributed by atoms with Gasteiger partial charge in [0.25, 0.3) is 0 Å². The van der Waals surface area contributed by atoms with Gasteiger partial charge in [-0.15, -0.1) is 0 Å².